The molecule has 0 radical (unpaired) electrons. The molecule has 5 rings (SSSR count). The van der Waals surface area contributed by atoms with E-state index in [9.17, 15) is 14.4 Å². The van der Waals surface area contributed by atoms with E-state index >= 15 is 0 Å². The van der Waals surface area contributed by atoms with E-state index in [2.05, 4.69) is 10.3 Å². The van der Waals surface area contributed by atoms with Crippen LogP contribution in [0.1, 0.15) is 26.3 Å². The summed E-state index contributed by atoms with van der Waals surface area (Å²) in [6, 6.07) is 16.6. The number of ether oxygens (including phenoxy) is 3. The first-order chi connectivity index (χ1) is 16.9. The number of carbonyl (C=O) groups is 2. The largest absolute Gasteiger partial charge is 0.465 e. The van der Waals surface area contributed by atoms with Crippen LogP contribution in [0.3, 0.4) is 0 Å². The van der Waals surface area contributed by atoms with Crippen molar-refractivity contribution in [3.05, 3.63) is 92.5 Å². The fourth-order valence-electron chi connectivity index (χ4n) is 3.79. The molecule has 35 heavy (non-hydrogen) atoms. The zero-order valence-electron chi connectivity index (χ0n) is 18.5. The highest BCUT2D eigenvalue weighted by atomic mass is 32.1. The van der Waals surface area contributed by atoms with Crippen molar-refractivity contribution in [3.63, 3.8) is 0 Å². The zero-order chi connectivity index (χ0) is 24.5. The number of hydrogen-bond donors (Lipinski definition) is 2. The second-order valence-corrected chi connectivity index (χ2v) is 8.13. The van der Waals surface area contributed by atoms with Crippen molar-refractivity contribution < 1.29 is 23.8 Å². The van der Waals surface area contributed by atoms with Crippen molar-refractivity contribution in [3.8, 4) is 17.2 Å². The Morgan fingerprint density at radius 2 is 1.77 bits per heavy atom. The molecule has 10 heteroatoms. The van der Waals surface area contributed by atoms with E-state index in [-0.39, 0.29) is 23.0 Å². The van der Waals surface area contributed by atoms with Gasteiger partial charge >= 0.3 is 5.97 Å². The number of nitrogens with zero attached hydrogens (tertiary/aromatic N) is 1. The van der Waals surface area contributed by atoms with E-state index in [0.717, 1.165) is 5.56 Å². The highest BCUT2D eigenvalue weighted by Crippen LogP contribution is 2.32. The molecule has 0 saturated heterocycles. The average Bonchev–Trinajstić information content (AvgIpc) is 3.35. The van der Waals surface area contributed by atoms with E-state index in [4.69, 9.17) is 26.4 Å². The van der Waals surface area contributed by atoms with Gasteiger partial charge in [0.15, 0.2) is 16.3 Å². The van der Waals surface area contributed by atoms with Crippen LogP contribution < -0.4 is 20.3 Å². The smallest absolute Gasteiger partial charge is 0.337 e. The first-order valence-electron chi connectivity index (χ1n) is 10.6. The lowest BCUT2D eigenvalue weighted by Crippen LogP contribution is -2.23. The molecule has 4 aromatic rings. The second-order valence-electron chi connectivity index (χ2n) is 7.74. The minimum absolute atomic E-state index is 0.157. The van der Waals surface area contributed by atoms with Gasteiger partial charge in [0.25, 0.3) is 11.5 Å². The predicted octanol–water partition coefficient (Wildman–Crippen LogP) is 3.49. The lowest BCUT2D eigenvalue weighted by molar-refractivity contribution is 0.0600. The molecule has 1 amide bonds. The maximum absolute atomic E-state index is 13.1. The van der Waals surface area contributed by atoms with Crippen molar-refractivity contribution >= 4 is 35.0 Å². The number of fused-ring (bicyclic) bond motifs is 2. The molecule has 1 aliphatic rings. The highest BCUT2D eigenvalue weighted by molar-refractivity contribution is 7.71. The fraction of sp³-hybridized carbons (Fsp3) is 0.120. The van der Waals surface area contributed by atoms with Gasteiger partial charge in [0, 0.05) is 12.1 Å². The molecule has 0 unspecified atom stereocenters. The molecule has 0 saturated carbocycles. The number of benzene rings is 3. The maximum atomic E-state index is 13.1. The second kappa shape index (κ2) is 9.07. The third kappa shape index (κ3) is 4.26. The SMILES string of the molecule is COC(=O)c1ccc2c(=O)n(-c3ccc(C(=O)NCc4ccc5c(c4)OCO5)cc3)c(=S)[nH]c2c1. The average molecular weight is 490 g/mol. The fourth-order valence-corrected chi connectivity index (χ4v) is 4.09. The Bertz CT molecular complexity index is 1590. The molecule has 0 atom stereocenters. The number of nitrogens with one attached hydrogen (secondary N) is 2. The molecule has 2 N–H and O–H groups in total. The van der Waals surface area contributed by atoms with Gasteiger partial charge in [-0.1, -0.05) is 6.07 Å². The molecule has 0 aliphatic carbocycles. The summed E-state index contributed by atoms with van der Waals surface area (Å²) in [5.74, 6) is 0.560. The highest BCUT2D eigenvalue weighted by Gasteiger charge is 2.15. The molecule has 1 aliphatic heterocycles. The number of hydrogen-bond acceptors (Lipinski definition) is 7. The van der Waals surface area contributed by atoms with Gasteiger partial charge in [-0.2, -0.15) is 0 Å². The monoisotopic (exact) mass is 489 g/mol. The molecule has 0 fully saturated rings. The zero-order valence-corrected chi connectivity index (χ0v) is 19.3. The first kappa shape index (κ1) is 22.4. The number of aromatic nitrogens is 2. The van der Waals surface area contributed by atoms with Crippen LogP contribution in [0.2, 0.25) is 0 Å². The minimum Gasteiger partial charge on any atom is -0.465 e. The Labute approximate surface area is 203 Å². The van der Waals surface area contributed by atoms with E-state index < -0.39 is 5.97 Å². The Kier molecular flexibility index (Phi) is 5.79. The number of aromatic amines is 1. The van der Waals surface area contributed by atoms with Gasteiger partial charge in [-0.25, -0.2) is 4.79 Å². The normalized spacial score (nSPS) is 11.9. The van der Waals surface area contributed by atoms with E-state index in [0.29, 0.717) is 45.8 Å². The van der Waals surface area contributed by atoms with E-state index in [1.807, 2.05) is 12.1 Å². The van der Waals surface area contributed by atoms with Gasteiger partial charge in [-0.15, -0.1) is 0 Å². The quantitative estimate of drug-likeness (QED) is 0.326. The summed E-state index contributed by atoms with van der Waals surface area (Å²) in [5, 5.41) is 3.22. The molecule has 176 valence electrons. The van der Waals surface area contributed by atoms with Gasteiger partial charge in [-0.3, -0.25) is 14.2 Å². The lowest BCUT2D eigenvalue weighted by Gasteiger charge is -2.10. The third-order valence-electron chi connectivity index (χ3n) is 5.60. The number of methoxy groups -OCH3 is 1. The number of carbonyl (C=O) groups excluding carboxylic acids is 2. The minimum atomic E-state index is -0.511. The number of amides is 1. The summed E-state index contributed by atoms with van der Waals surface area (Å²) < 4.78 is 16.9. The van der Waals surface area contributed by atoms with Crippen LogP contribution in [0.25, 0.3) is 16.6 Å². The number of H-pyrrole nitrogens is 1. The first-order valence-corrected chi connectivity index (χ1v) is 11.0. The molecule has 3 aromatic carbocycles. The molecule has 0 bridgehead atoms. The molecular weight excluding hydrogens is 470 g/mol. The van der Waals surface area contributed by atoms with Crippen molar-refractivity contribution in [2.75, 3.05) is 13.9 Å². The van der Waals surface area contributed by atoms with Gasteiger partial charge < -0.3 is 24.5 Å². The third-order valence-corrected chi connectivity index (χ3v) is 5.88. The van der Waals surface area contributed by atoms with Gasteiger partial charge in [-0.05, 0) is 72.4 Å². The van der Waals surface area contributed by atoms with Crippen LogP contribution in [0.5, 0.6) is 11.5 Å². The summed E-state index contributed by atoms with van der Waals surface area (Å²) in [7, 11) is 1.29. The summed E-state index contributed by atoms with van der Waals surface area (Å²) in [6.07, 6.45) is 0. The van der Waals surface area contributed by atoms with Crippen LogP contribution in [0.4, 0.5) is 0 Å². The molecule has 0 spiro atoms. The van der Waals surface area contributed by atoms with Gasteiger partial charge in [0.1, 0.15) is 0 Å². The van der Waals surface area contributed by atoms with Crippen molar-refractivity contribution in [2.45, 2.75) is 6.54 Å². The molecule has 9 nitrogen and oxygen atoms in total. The van der Waals surface area contributed by atoms with E-state index in [1.54, 1.807) is 36.4 Å². The van der Waals surface area contributed by atoms with Crippen LogP contribution in [0.15, 0.2) is 65.5 Å². The molecule has 1 aromatic heterocycles. The molecule has 2 heterocycles. The van der Waals surface area contributed by atoms with Crippen molar-refractivity contribution in [1.82, 2.24) is 14.9 Å². The van der Waals surface area contributed by atoms with Crippen LogP contribution in [0, 0.1) is 4.77 Å². The summed E-state index contributed by atoms with van der Waals surface area (Å²) in [6.45, 7) is 0.510. The van der Waals surface area contributed by atoms with Crippen molar-refractivity contribution in [1.29, 1.82) is 0 Å². The van der Waals surface area contributed by atoms with Crippen LogP contribution >= 0.6 is 12.2 Å². The molecular formula is C25H19N3O6S. The Balaban J connectivity index is 1.36. The summed E-state index contributed by atoms with van der Waals surface area (Å²) >= 11 is 5.39. The Morgan fingerprint density at radius 3 is 2.54 bits per heavy atom. The van der Waals surface area contributed by atoms with Gasteiger partial charge in [0.05, 0.1) is 29.3 Å². The maximum Gasteiger partial charge on any atom is 0.337 e. The Morgan fingerprint density at radius 1 is 1.03 bits per heavy atom. The standard InChI is InChI=1S/C25H19N3O6S/c1-32-24(31)16-5-8-18-19(11-16)27-25(35)28(23(18)30)17-6-3-15(4-7-17)22(29)26-12-14-2-9-20-21(10-14)34-13-33-20/h2-11H,12-13H2,1H3,(H,26,29)(H,27,35). The Hall–Kier alpha value is -4.44. The van der Waals surface area contributed by atoms with E-state index in [1.165, 1.54) is 23.8 Å². The summed E-state index contributed by atoms with van der Waals surface area (Å²) in [4.78, 5) is 40.5. The van der Waals surface area contributed by atoms with Crippen LogP contribution in [-0.2, 0) is 11.3 Å². The van der Waals surface area contributed by atoms with Crippen LogP contribution in [-0.4, -0.2) is 35.3 Å². The number of rotatable bonds is 5. The van der Waals surface area contributed by atoms with Gasteiger partial charge in [0.2, 0.25) is 6.79 Å². The summed E-state index contributed by atoms with van der Waals surface area (Å²) in [5.41, 5.74) is 2.20. The topological polar surface area (TPSA) is 112 Å². The number of esters is 1. The lowest BCUT2D eigenvalue weighted by atomic mass is 10.1. The van der Waals surface area contributed by atoms with Crippen molar-refractivity contribution in [2.24, 2.45) is 0 Å². The predicted molar refractivity (Wildman–Crippen MR) is 130 cm³/mol.